The standard InChI is InChI=1S/C13H21NO/c1-10(2)13(11(3)15)8-7-12-6-4-5-9-14-12/h4-6,9-11,13,15H,7-8H2,1-3H3. The molecule has 1 rings (SSSR count). The van der Waals surface area contributed by atoms with E-state index in [0.29, 0.717) is 11.8 Å². The van der Waals surface area contributed by atoms with Crippen molar-refractivity contribution in [3.8, 4) is 0 Å². The van der Waals surface area contributed by atoms with Gasteiger partial charge in [0.1, 0.15) is 0 Å². The molecule has 15 heavy (non-hydrogen) atoms. The molecule has 2 nitrogen and oxygen atoms in total. The van der Waals surface area contributed by atoms with Gasteiger partial charge in [0.15, 0.2) is 0 Å². The number of nitrogens with zero attached hydrogens (tertiary/aromatic N) is 1. The summed E-state index contributed by atoms with van der Waals surface area (Å²) in [4.78, 5) is 4.29. The lowest BCUT2D eigenvalue weighted by Crippen LogP contribution is -2.23. The molecule has 2 heteroatoms. The van der Waals surface area contributed by atoms with Crippen molar-refractivity contribution < 1.29 is 5.11 Å². The lowest BCUT2D eigenvalue weighted by atomic mass is 9.86. The van der Waals surface area contributed by atoms with Gasteiger partial charge in [-0.05, 0) is 43.7 Å². The second-order valence-corrected chi connectivity index (χ2v) is 4.51. The topological polar surface area (TPSA) is 33.1 Å². The third-order valence-corrected chi connectivity index (χ3v) is 2.94. The maximum Gasteiger partial charge on any atom is 0.0542 e. The predicted molar refractivity (Wildman–Crippen MR) is 62.6 cm³/mol. The summed E-state index contributed by atoms with van der Waals surface area (Å²) >= 11 is 0. The number of hydrogen-bond acceptors (Lipinski definition) is 2. The van der Waals surface area contributed by atoms with Crippen molar-refractivity contribution in [2.24, 2.45) is 11.8 Å². The molecule has 0 aromatic carbocycles. The summed E-state index contributed by atoms with van der Waals surface area (Å²) in [5, 5.41) is 9.64. The van der Waals surface area contributed by atoms with Crippen LogP contribution in [0.3, 0.4) is 0 Å². The number of pyridine rings is 1. The van der Waals surface area contributed by atoms with E-state index in [9.17, 15) is 5.11 Å². The fourth-order valence-corrected chi connectivity index (χ4v) is 1.99. The van der Waals surface area contributed by atoms with E-state index in [2.05, 4.69) is 18.8 Å². The average Bonchev–Trinajstić information content (AvgIpc) is 2.18. The summed E-state index contributed by atoms with van der Waals surface area (Å²) in [6, 6.07) is 5.98. The Labute approximate surface area is 92.4 Å². The molecule has 0 bridgehead atoms. The van der Waals surface area contributed by atoms with Crippen molar-refractivity contribution in [3.63, 3.8) is 0 Å². The zero-order chi connectivity index (χ0) is 11.3. The van der Waals surface area contributed by atoms with Crippen LogP contribution >= 0.6 is 0 Å². The van der Waals surface area contributed by atoms with E-state index in [1.54, 1.807) is 0 Å². The molecule has 2 unspecified atom stereocenters. The molecule has 1 heterocycles. The van der Waals surface area contributed by atoms with Gasteiger partial charge in [-0.3, -0.25) is 4.98 Å². The van der Waals surface area contributed by atoms with Gasteiger partial charge in [-0.15, -0.1) is 0 Å². The Balaban J connectivity index is 2.47. The first-order valence-corrected chi connectivity index (χ1v) is 5.69. The Morgan fingerprint density at radius 2 is 2.00 bits per heavy atom. The van der Waals surface area contributed by atoms with Gasteiger partial charge in [0.05, 0.1) is 6.10 Å². The highest BCUT2D eigenvalue weighted by Crippen LogP contribution is 2.21. The van der Waals surface area contributed by atoms with Gasteiger partial charge in [0.2, 0.25) is 0 Å². The second kappa shape index (κ2) is 5.86. The summed E-state index contributed by atoms with van der Waals surface area (Å²) in [6.07, 6.45) is 3.55. The lowest BCUT2D eigenvalue weighted by Gasteiger charge is -2.23. The average molecular weight is 207 g/mol. The number of aliphatic hydroxyl groups is 1. The Morgan fingerprint density at radius 1 is 1.27 bits per heavy atom. The van der Waals surface area contributed by atoms with E-state index in [1.807, 2.05) is 31.3 Å². The number of aryl methyl sites for hydroxylation is 1. The molecular formula is C13H21NO. The van der Waals surface area contributed by atoms with Gasteiger partial charge >= 0.3 is 0 Å². The molecule has 0 aliphatic carbocycles. The van der Waals surface area contributed by atoms with Gasteiger partial charge < -0.3 is 5.11 Å². The van der Waals surface area contributed by atoms with Gasteiger partial charge in [0, 0.05) is 11.9 Å². The van der Waals surface area contributed by atoms with Gasteiger partial charge in [0.25, 0.3) is 0 Å². The fraction of sp³-hybridized carbons (Fsp3) is 0.615. The maximum absolute atomic E-state index is 9.64. The van der Waals surface area contributed by atoms with E-state index in [0.717, 1.165) is 18.5 Å². The molecule has 0 amide bonds. The molecule has 1 aromatic rings. The largest absolute Gasteiger partial charge is 0.393 e. The van der Waals surface area contributed by atoms with Gasteiger partial charge in [-0.1, -0.05) is 19.9 Å². The summed E-state index contributed by atoms with van der Waals surface area (Å²) < 4.78 is 0. The van der Waals surface area contributed by atoms with Crippen LogP contribution in [0.15, 0.2) is 24.4 Å². The summed E-state index contributed by atoms with van der Waals surface area (Å²) in [7, 11) is 0. The predicted octanol–water partition coefficient (Wildman–Crippen LogP) is 2.67. The van der Waals surface area contributed by atoms with Crippen LogP contribution in [0.25, 0.3) is 0 Å². The van der Waals surface area contributed by atoms with Crippen LogP contribution in [0.1, 0.15) is 32.9 Å². The Bertz CT molecular complexity index is 261. The van der Waals surface area contributed by atoms with Crippen LogP contribution in [0.5, 0.6) is 0 Å². The van der Waals surface area contributed by atoms with E-state index >= 15 is 0 Å². The number of rotatable bonds is 5. The summed E-state index contributed by atoms with van der Waals surface area (Å²) in [5.41, 5.74) is 1.11. The van der Waals surface area contributed by atoms with Crippen LogP contribution in [0.2, 0.25) is 0 Å². The first kappa shape index (κ1) is 12.2. The van der Waals surface area contributed by atoms with Crippen LogP contribution in [-0.2, 0) is 6.42 Å². The normalized spacial score (nSPS) is 15.3. The lowest BCUT2D eigenvalue weighted by molar-refractivity contribution is 0.0920. The van der Waals surface area contributed by atoms with E-state index in [4.69, 9.17) is 0 Å². The Kier molecular flexibility index (Phi) is 4.76. The highest BCUT2D eigenvalue weighted by Gasteiger charge is 2.18. The molecular weight excluding hydrogens is 186 g/mol. The van der Waals surface area contributed by atoms with Crippen molar-refractivity contribution in [1.29, 1.82) is 0 Å². The van der Waals surface area contributed by atoms with Crippen LogP contribution in [-0.4, -0.2) is 16.2 Å². The van der Waals surface area contributed by atoms with E-state index < -0.39 is 0 Å². The van der Waals surface area contributed by atoms with Gasteiger partial charge in [-0.2, -0.15) is 0 Å². The Morgan fingerprint density at radius 3 is 2.47 bits per heavy atom. The molecule has 0 radical (unpaired) electrons. The van der Waals surface area contributed by atoms with Crippen LogP contribution in [0, 0.1) is 11.8 Å². The minimum atomic E-state index is -0.228. The van der Waals surface area contributed by atoms with Crippen molar-refractivity contribution in [3.05, 3.63) is 30.1 Å². The first-order valence-electron chi connectivity index (χ1n) is 5.69. The van der Waals surface area contributed by atoms with E-state index in [1.165, 1.54) is 0 Å². The molecule has 1 N–H and O–H groups in total. The number of aromatic nitrogens is 1. The van der Waals surface area contributed by atoms with Crippen LogP contribution < -0.4 is 0 Å². The zero-order valence-corrected chi connectivity index (χ0v) is 9.85. The SMILES string of the molecule is CC(C)C(CCc1ccccn1)C(C)O. The molecule has 0 aliphatic heterocycles. The third-order valence-electron chi connectivity index (χ3n) is 2.94. The van der Waals surface area contributed by atoms with Crippen molar-refractivity contribution in [2.45, 2.75) is 39.7 Å². The first-order chi connectivity index (χ1) is 7.11. The molecule has 2 atom stereocenters. The minimum absolute atomic E-state index is 0.228. The van der Waals surface area contributed by atoms with Gasteiger partial charge in [-0.25, -0.2) is 0 Å². The number of hydrogen-bond donors (Lipinski definition) is 1. The molecule has 0 aliphatic rings. The molecule has 1 aromatic heterocycles. The molecule has 0 spiro atoms. The zero-order valence-electron chi connectivity index (χ0n) is 9.85. The highest BCUT2D eigenvalue weighted by atomic mass is 16.3. The smallest absolute Gasteiger partial charge is 0.0542 e. The summed E-state index contributed by atoms with van der Waals surface area (Å²) in [5.74, 6) is 0.890. The second-order valence-electron chi connectivity index (χ2n) is 4.51. The molecule has 0 saturated carbocycles. The highest BCUT2D eigenvalue weighted by molar-refractivity contribution is 5.03. The van der Waals surface area contributed by atoms with E-state index in [-0.39, 0.29) is 6.10 Å². The molecule has 0 fully saturated rings. The van der Waals surface area contributed by atoms with Crippen molar-refractivity contribution in [2.75, 3.05) is 0 Å². The fourth-order valence-electron chi connectivity index (χ4n) is 1.99. The quantitative estimate of drug-likeness (QED) is 0.805. The molecule has 0 saturated heterocycles. The van der Waals surface area contributed by atoms with Crippen LogP contribution in [0.4, 0.5) is 0 Å². The monoisotopic (exact) mass is 207 g/mol. The molecule has 84 valence electrons. The third kappa shape index (κ3) is 4.00. The summed E-state index contributed by atoms with van der Waals surface area (Å²) in [6.45, 7) is 6.20. The van der Waals surface area contributed by atoms with Crippen molar-refractivity contribution >= 4 is 0 Å². The van der Waals surface area contributed by atoms with Crippen molar-refractivity contribution in [1.82, 2.24) is 4.98 Å². The minimum Gasteiger partial charge on any atom is -0.393 e. The maximum atomic E-state index is 9.64. The number of aliphatic hydroxyl groups excluding tert-OH is 1. The Hall–Kier alpha value is -0.890.